The lowest BCUT2D eigenvalue weighted by Crippen LogP contribution is -2.55. The molecular formula is C14H25N3O4. The van der Waals surface area contributed by atoms with Crippen LogP contribution in [0.3, 0.4) is 0 Å². The van der Waals surface area contributed by atoms with Gasteiger partial charge in [0, 0.05) is 32.7 Å². The quantitative estimate of drug-likeness (QED) is 0.500. The third-order valence-corrected chi connectivity index (χ3v) is 3.50. The number of hydrogen-bond acceptors (Lipinski definition) is 4. The van der Waals surface area contributed by atoms with Crippen molar-refractivity contribution in [1.29, 1.82) is 0 Å². The van der Waals surface area contributed by atoms with Crippen molar-refractivity contribution in [2.24, 2.45) is 0 Å². The van der Waals surface area contributed by atoms with Gasteiger partial charge in [-0.05, 0) is 13.3 Å². The van der Waals surface area contributed by atoms with Gasteiger partial charge in [-0.15, -0.1) is 6.58 Å². The molecule has 1 heterocycles. The molecule has 21 heavy (non-hydrogen) atoms. The number of urea groups is 1. The number of ether oxygens (including phenoxy) is 1. The number of carbonyl (C=O) groups excluding carboxylic acids is 1. The first-order valence-electron chi connectivity index (χ1n) is 7.24. The fourth-order valence-electron chi connectivity index (χ4n) is 2.08. The molecule has 1 rings (SSSR count). The number of nitrogens with zero attached hydrogens (tertiary/aromatic N) is 2. The first-order chi connectivity index (χ1) is 10.1. The zero-order chi connectivity index (χ0) is 15.7. The van der Waals surface area contributed by atoms with Crippen LogP contribution in [0.2, 0.25) is 0 Å². The minimum atomic E-state index is -0.829. The van der Waals surface area contributed by atoms with Gasteiger partial charge in [0.15, 0.2) is 0 Å². The zero-order valence-corrected chi connectivity index (χ0v) is 12.6. The number of aliphatic carboxylic acids is 1. The van der Waals surface area contributed by atoms with E-state index >= 15 is 0 Å². The lowest BCUT2D eigenvalue weighted by molar-refractivity contribution is -0.143. The summed E-state index contributed by atoms with van der Waals surface area (Å²) in [7, 11) is 0. The molecule has 0 aromatic heterocycles. The molecule has 0 aliphatic carbocycles. The molecule has 0 aromatic rings. The van der Waals surface area contributed by atoms with Crippen LogP contribution in [0.1, 0.15) is 13.3 Å². The van der Waals surface area contributed by atoms with Crippen LogP contribution in [0.25, 0.3) is 0 Å². The predicted molar refractivity (Wildman–Crippen MR) is 79.3 cm³/mol. The van der Waals surface area contributed by atoms with Gasteiger partial charge in [0.2, 0.25) is 0 Å². The fraction of sp³-hybridized carbons (Fsp3) is 0.714. The van der Waals surface area contributed by atoms with Gasteiger partial charge in [0.25, 0.3) is 0 Å². The number of hydrogen-bond donors (Lipinski definition) is 2. The van der Waals surface area contributed by atoms with Crippen molar-refractivity contribution in [3.05, 3.63) is 12.7 Å². The Kier molecular flexibility index (Phi) is 7.78. The summed E-state index contributed by atoms with van der Waals surface area (Å²) in [4.78, 5) is 26.4. The Hall–Kier alpha value is -1.60. The second kappa shape index (κ2) is 9.36. The number of piperazine rings is 1. The summed E-state index contributed by atoms with van der Waals surface area (Å²) in [5, 5.41) is 11.8. The lowest BCUT2D eigenvalue weighted by atomic mass is 10.2. The summed E-state index contributed by atoms with van der Waals surface area (Å²) in [5.74, 6) is -0.829. The van der Waals surface area contributed by atoms with E-state index in [0.717, 1.165) is 6.42 Å². The highest BCUT2D eigenvalue weighted by molar-refractivity contribution is 5.74. The van der Waals surface area contributed by atoms with Crippen LogP contribution in [-0.4, -0.2) is 78.9 Å². The highest BCUT2D eigenvalue weighted by atomic mass is 16.5. The number of carboxylic acid groups (broad SMARTS) is 1. The van der Waals surface area contributed by atoms with Gasteiger partial charge >= 0.3 is 12.0 Å². The molecule has 0 bridgehead atoms. The number of rotatable bonds is 8. The molecule has 120 valence electrons. The summed E-state index contributed by atoms with van der Waals surface area (Å²) < 4.78 is 5.31. The van der Waals surface area contributed by atoms with Crippen LogP contribution in [0, 0.1) is 0 Å². The van der Waals surface area contributed by atoms with E-state index in [1.54, 1.807) is 17.9 Å². The number of carbonyl (C=O) groups is 2. The SMILES string of the molecule is C=CCCOCCNC(=O)N1CCN(C(C)C(=O)O)CC1. The first-order valence-corrected chi connectivity index (χ1v) is 7.24. The van der Waals surface area contributed by atoms with Crippen molar-refractivity contribution in [3.63, 3.8) is 0 Å². The van der Waals surface area contributed by atoms with E-state index < -0.39 is 12.0 Å². The number of nitrogens with one attached hydrogen (secondary N) is 1. The van der Waals surface area contributed by atoms with Crippen LogP contribution in [0.4, 0.5) is 4.79 Å². The third kappa shape index (κ3) is 6.14. The van der Waals surface area contributed by atoms with Crippen LogP contribution >= 0.6 is 0 Å². The molecule has 1 unspecified atom stereocenters. The van der Waals surface area contributed by atoms with E-state index in [1.165, 1.54) is 0 Å². The van der Waals surface area contributed by atoms with Gasteiger partial charge in [0.1, 0.15) is 6.04 Å². The van der Waals surface area contributed by atoms with Crippen LogP contribution in [0.5, 0.6) is 0 Å². The van der Waals surface area contributed by atoms with Crippen molar-refractivity contribution in [1.82, 2.24) is 15.1 Å². The maximum absolute atomic E-state index is 11.9. The lowest BCUT2D eigenvalue weighted by Gasteiger charge is -2.36. The minimum Gasteiger partial charge on any atom is -0.480 e. The summed E-state index contributed by atoms with van der Waals surface area (Å²) >= 11 is 0. The second-order valence-electron chi connectivity index (χ2n) is 4.96. The van der Waals surface area contributed by atoms with Crippen molar-refractivity contribution >= 4 is 12.0 Å². The highest BCUT2D eigenvalue weighted by Gasteiger charge is 2.26. The van der Waals surface area contributed by atoms with E-state index in [-0.39, 0.29) is 6.03 Å². The molecule has 0 radical (unpaired) electrons. The van der Waals surface area contributed by atoms with Gasteiger partial charge in [-0.2, -0.15) is 0 Å². The minimum absolute atomic E-state index is 0.120. The average Bonchev–Trinajstić information content (AvgIpc) is 2.49. The molecule has 0 saturated carbocycles. The largest absolute Gasteiger partial charge is 0.480 e. The standard InChI is InChI=1S/C14H25N3O4/c1-3-4-10-21-11-5-15-14(20)17-8-6-16(7-9-17)12(2)13(18)19/h3,12H,1,4-11H2,2H3,(H,15,20)(H,18,19). The van der Waals surface area contributed by atoms with E-state index in [9.17, 15) is 9.59 Å². The smallest absolute Gasteiger partial charge is 0.320 e. The van der Waals surface area contributed by atoms with Gasteiger partial charge in [-0.25, -0.2) is 4.79 Å². The van der Waals surface area contributed by atoms with Crippen LogP contribution in [-0.2, 0) is 9.53 Å². The molecule has 2 amide bonds. The maximum Gasteiger partial charge on any atom is 0.320 e. The molecular weight excluding hydrogens is 274 g/mol. The maximum atomic E-state index is 11.9. The first kappa shape index (κ1) is 17.5. The molecule has 1 saturated heterocycles. The van der Waals surface area contributed by atoms with Gasteiger partial charge in [0.05, 0.1) is 13.2 Å². The Morgan fingerprint density at radius 2 is 2.00 bits per heavy atom. The molecule has 1 aliphatic heterocycles. The molecule has 1 atom stereocenters. The van der Waals surface area contributed by atoms with E-state index in [0.29, 0.717) is 45.9 Å². The Balaban J connectivity index is 2.17. The normalized spacial score (nSPS) is 17.3. The van der Waals surface area contributed by atoms with E-state index in [1.807, 2.05) is 4.90 Å². The van der Waals surface area contributed by atoms with Crippen molar-refractivity contribution in [2.75, 3.05) is 45.9 Å². The topological polar surface area (TPSA) is 82.1 Å². The van der Waals surface area contributed by atoms with Gasteiger partial charge in [-0.1, -0.05) is 6.08 Å². The Morgan fingerprint density at radius 3 is 2.57 bits per heavy atom. The van der Waals surface area contributed by atoms with E-state index in [2.05, 4.69) is 11.9 Å². The van der Waals surface area contributed by atoms with E-state index in [4.69, 9.17) is 9.84 Å². The molecule has 7 nitrogen and oxygen atoms in total. The molecule has 7 heteroatoms. The summed E-state index contributed by atoms with van der Waals surface area (Å²) in [5.41, 5.74) is 0. The van der Waals surface area contributed by atoms with Crippen LogP contribution in [0.15, 0.2) is 12.7 Å². The molecule has 0 spiro atoms. The molecule has 0 aromatic carbocycles. The molecule has 1 fully saturated rings. The molecule has 2 N–H and O–H groups in total. The zero-order valence-electron chi connectivity index (χ0n) is 12.6. The number of carboxylic acids is 1. The summed E-state index contributed by atoms with van der Waals surface area (Å²) in [6.07, 6.45) is 2.59. The Labute approximate surface area is 125 Å². The van der Waals surface area contributed by atoms with Crippen molar-refractivity contribution in [2.45, 2.75) is 19.4 Å². The second-order valence-corrected chi connectivity index (χ2v) is 4.96. The average molecular weight is 299 g/mol. The van der Waals surface area contributed by atoms with Crippen molar-refractivity contribution < 1.29 is 19.4 Å². The number of amides is 2. The van der Waals surface area contributed by atoms with Crippen molar-refractivity contribution in [3.8, 4) is 0 Å². The summed E-state index contributed by atoms with van der Waals surface area (Å²) in [6.45, 7) is 9.08. The summed E-state index contributed by atoms with van der Waals surface area (Å²) in [6, 6.07) is -0.626. The predicted octanol–water partition coefficient (Wildman–Crippen LogP) is 0.379. The Morgan fingerprint density at radius 1 is 1.33 bits per heavy atom. The monoisotopic (exact) mass is 299 g/mol. The fourth-order valence-corrected chi connectivity index (χ4v) is 2.08. The van der Waals surface area contributed by atoms with Gasteiger partial charge < -0.3 is 20.1 Å². The molecule has 1 aliphatic rings. The van der Waals surface area contributed by atoms with Crippen LogP contribution < -0.4 is 5.32 Å². The highest BCUT2D eigenvalue weighted by Crippen LogP contribution is 2.06. The Bertz CT molecular complexity index is 354. The third-order valence-electron chi connectivity index (χ3n) is 3.50. The van der Waals surface area contributed by atoms with Gasteiger partial charge in [-0.3, -0.25) is 9.69 Å².